The van der Waals surface area contributed by atoms with Gasteiger partial charge in [0.25, 0.3) is 5.91 Å². The van der Waals surface area contributed by atoms with E-state index in [4.69, 9.17) is 4.74 Å². The number of carbonyl (C=O) groups is 1. The highest BCUT2D eigenvalue weighted by Crippen LogP contribution is 2.23. The summed E-state index contributed by atoms with van der Waals surface area (Å²) in [4.78, 5) is 13.2. The molecule has 25 heavy (non-hydrogen) atoms. The van der Waals surface area contributed by atoms with Crippen molar-refractivity contribution in [2.24, 2.45) is 5.10 Å². The van der Waals surface area contributed by atoms with E-state index in [1.165, 1.54) is 17.3 Å². The molecule has 132 valence electrons. The molecule has 2 rings (SSSR count). The Kier molecular flexibility index (Phi) is 7.54. The van der Waals surface area contributed by atoms with Crippen LogP contribution < -0.4 is 10.2 Å². The third kappa shape index (κ3) is 6.63. The van der Waals surface area contributed by atoms with Crippen molar-refractivity contribution in [2.45, 2.75) is 37.3 Å². The molecular formula is C20H24N2O2S. The average molecular weight is 356 g/mol. The zero-order valence-electron chi connectivity index (χ0n) is 14.9. The minimum atomic E-state index is -0.218. The second-order valence-corrected chi connectivity index (χ2v) is 7.14. The largest absolute Gasteiger partial charge is 0.494 e. The van der Waals surface area contributed by atoms with Crippen molar-refractivity contribution < 1.29 is 9.53 Å². The minimum absolute atomic E-state index is 0.121. The zero-order valence-corrected chi connectivity index (χ0v) is 15.7. The number of hydrogen-bond acceptors (Lipinski definition) is 4. The molecule has 0 unspecified atom stereocenters. The Morgan fingerprint density at radius 1 is 1.20 bits per heavy atom. The van der Waals surface area contributed by atoms with Crippen LogP contribution in [0.2, 0.25) is 0 Å². The lowest BCUT2D eigenvalue weighted by atomic mass is 10.2. The molecule has 0 heterocycles. The van der Waals surface area contributed by atoms with Gasteiger partial charge in [-0.3, -0.25) is 4.79 Å². The monoisotopic (exact) mass is 356 g/mol. The van der Waals surface area contributed by atoms with Gasteiger partial charge in [0.15, 0.2) is 0 Å². The lowest BCUT2D eigenvalue weighted by Crippen LogP contribution is -2.26. The maximum atomic E-state index is 12.1. The van der Waals surface area contributed by atoms with Crippen LogP contribution in [0.1, 0.15) is 31.4 Å². The predicted octanol–water partition coefficient (Wildman–Crippen LogP) is 4.41. The molecule has 0 aliphatic carbocycles. The Labute approximate surface area is 153 Å². The highest BCUT2D eigenvalue weighted by molar-refractivity contribution is 8.00. The lowest BCUT2D eigenvalue weighted by molar-refractivity contribution is -0.120. The number of aryl methyl sites for hydroxylation is 1. The molecule has 0 fully saturated rings. The van der Waals surface area contributed by atoms with E-state index >= 15 is 0 Å². The Bertz CT molecular complexity index is 697. The van der Waals surface area contributed by atoms with E-state index in [1.807, 2.05) is 62.4 Å². The fourth-order valence-electron chi connectivity index (χ4n) is 2.01. The van der Waals surface area contributed by atoms with E-state index in [1.54, 1.807) is 6.21 Å². The molecule has 2 aromatic rings. The van der Waals surface area contributed by atoms with Crippen molar-refractivity contribution in [2.75, 3.05) is 6.61 Å². The van der Waals surface area contributed by atoms with Crippen LogP contribution in [-0.4, -0.2) is 24.0 Å². The summed E-state index contributed by atoms with van der Waals surface area (Å²) in [5.41, 5.74) is 4.70. The summed E-state index contributed by atoms with van der Waals surface area (Å²) >= 11 is 1.51. The molecule has 0 aliphatic rings. The first kappa shape index (κ1) is 19.1. The zero-order chi connectivity index (χ0) is 18.1. The molecule has 0 saturated heterocycles. The van der Waals surface area contributed by atoms with Crippen LogP contribution in [0.5, 0.6) is 5.75 Å². The molecule has 0 aliphatic heterocycles. The average Bonchev–Trinajstić information content (AvgIpc) is 2.62. The first-order chi connectivity index (χ1) is 12.1. The van der Waals surface area contributed by atoms with Crippen LogP contribution in [0.3, 0.4) is 0 Å². The first-order valence-electron chi connectivity index (χ1n) is 8.37. The van der Waals surface area contributed by atoms with Gasteiger partial charge in [-0.25, -0.2) is 5.43 Å². The number of hydrazone groups is 1. The Morgan fingerprint density at radius 3 is 2.52 bits per heavy atom. The third-order valence-corrected chi connectivity index (χ3v) is 4.56. The van der Waals surface area contributed by atoms with Crippen molar-refractivity contribution in [1.82, 2.24) is 5.43 Å². The normalized spacial score (nSPS) is 12.1. The SMILES string of the molecule is CCCOc1ccc(/C=N\NC(=O)[C@H](C)Sc2ccc(C)cc2)cc1. The van der Waals surface area contributed by atoms with Crippen molar-refractivity contribution in [3.63, 3.8) is 0 Å². The van der Waals surface area contributed by atoms with Crippen molar-refractivity contribution >= 4 is 23.9 Å². The minimum Gasteiger partial charge on any atom is -0.494 e. The van der Waals surface area contributed by atoms with Gasteiger partial charge in [0, 0.05) is 4.90 Å². The van der Waals surface area contributed by atoms with Gasteiger partial charge < -0.3 is 4.74 Å². The second kappa shape index (κ2) is 9.89. The van der Waals surface area contributed by atoms with Crippen molar-refractivity contribution in [1.29, 1.82) is 0 Å². The highest BCUT2D eigenvalue weighted by Gasteiger charge is 2.13. The summed E-state index contributed by atoms with van der Waals surface area (Å²) in [6.07, 6.45) is 2.61. The molecule has 0 radical (unpaired) electrons. The molecule has 1 atom stereocenters. The van der Waals surface area contributed by atoms with Crippen molar-refractivity contribution in [3.8, 4) is 5.75 Å². The molecule has 2 aromatic carbocycles. The van der Waals surface area contributed by atoms with Crippen LogP contribution in [0.4, 0.5) is 0 Å². The summed E-state index contributed by atoms with van der Waals surface area (Å²) < 4.78 is 5.53. The molecule has 1 N–H and O–H groups in total. The molecule has 0 spiro atoms. The van der Waals surface area contributed by atoms with Gasteiger partial charge in [0.2, 0.25) is 0 Å². The van der Waals surface area contributed by atoms with Gasteiger partial charge in [-0.1, -0.05) is 24.6 Å². The van der Waals surface area contributed by atoms with Gasteiger partial charge in [0.1, 0.15) is 5.75 Å². The van der Waals surface area contributed by atoms with E-state index in [0.717, 1.165) is 22.6 Å². The van der Waals surface area contributed by atoms with Crippen molar-refractivity contribution in [3.05, 3.63) is 59.7 Å². The Balaban J connectivity index is 1.81. The Hall–Kier alpha value is -2.27. The predicted molar refractivity (Wildman–Crippen MR) is 104 cm³/mol. The van der Waals surface area contributed by atoms with Gasteiger partial charge >= 0.3 is 0 Å². The molecule has 4 nitrogen and oxygen atoms in total. The summed E-state index contributed by atoms with van der Waals surface area (Å²) in [5.74, 6) is 0.718. The summed E-state index contributed by atoms with van der Waals surface area (Å²) in [6, 6.07) is 15.7. The lowest BCUT2D eigenvalue weighted by Gasteiger charge is -2.09. The Morgan fingerprint density at radius 2 is 1.88 bits per heavy atom. The number of benzene rings is 2. The maximum absolute atomic E-state index is 12.1. The maximum Gasteiger partial charge on any atom is 0.253 e. The van der Waals surface area contributed by atoms with E-state index in [0.29, 0.717) is 6.61 Å². The standard InChI is InChI=1S/C20H24N2O2S/c1-4-13-24-18-9-7-17(8-10-18)14-21-22-20(23)16(3)25-19-11-5-15(2)6-12-19/h5-12,14,16H,4,13H2,1-3H3,(H,22,23)/b21-14-/t16-/m0/s1. The van der Waals surface area contributed by atoms with Gasteiger partial charge in [-0.05, 0) is 62.2 Å². The fourth-order valence-corrected chi connectivity index (χ4v) is 2.87. The van der Waals surface area contributed by atoms with Gasteiger partial charge in [-0.2, -0.15) is 5.10 Å². The van der Waals surface area contributed by atoms with Gasteiger partial charge in [0.05, 0.1) is 18.1 Å². The number of hydrogen-bond donors (Lipinski definition) is 1. The summed E-state index contributed by atoms with van der Waals surface area (Å²) in [5, 5.41) is 3.81. The summed E-state index contributed by atoms with van der Waals surface area (Å²) in [6.45, 7) is 6.69. The summed E-state index contributed by atoms with van der Waals surface area (Å²) in [7, 11) is 0. The van der Waals surface area contributed by atoms with Crippen LogP contribution in [-0.2, 0) is 4.79 Å². The van der Waals surface area contributed by atoms with E-state index < -0.39 is 0 Å². The topological polar surface area (TPSA) is 50.7 Å². The molecule has 0 bridgehead atoms. The fraction of sp³-hybridized carbons (Fsp3) is 0.300. The number of nitrogens with zero attached hydrogens (tertiary/aromatic N) is 1. The highest BCUT2D eigenvalue weighted by atomic mass is 32.2. The number of amides is 1. The molecule has 1 amide bonds. The van der Waals surface area contributed by atoms with E-state index in [9.17, 15) is 4.79 Å². The number of nitrogens with one attached hydrogen (secondary N) is 1. The first-order valence-corrected chi connectivity index (χ1v) is 9.25. The smallest absolute Gasteiger partial charge is 0.253 e. The van der Waals surface area contributed by atoms with E-state index in [-0.39, 0.29) is 11.2 Å². The third-order valence-electron chi connectivity index (χ3n) is 3.44. The second-order valence-electron chi connectivity index (χ2n) is 5.72. The molecule has 0 aromatic heterocycles. The number of carbonyl (C=O) groups excluding carboxylic acids is 1. The van der Waals surface area contributed by atoms with Crippen LogP contribution in [0.15, 0.2) is 58.5 Å². The number of rotatable bonds is 8. The molecule has 0 saturated carbocycles. The molecule has 5 heteroatoms. The van der Waals surface area contributed by atoms with Crippen LogP contribution in [0.25, 0.3) is 0 Å². The number of thioether (sulfide) groups is 1. The van der Waals surface area contributed by atoms with E-state index in [2.05, 4.69) is 17.5 Å². The molecular weight excluding hydrogens is 332 g/mol. The number of ether oxygens (including phenoxy) is 1. The quantitative estimate of drug-likeness (QED) is 0.433. The van der Waals surface area contributed by atoms with Crippen LogP contribution in [0, 0.1) is 6.92 Å². The van der Waals surface area contributed by atoms with Crippen LogP contribution >= 0.6 is 11.8 Å². The van der Waals surface area contributed by atoms with Gasteiger partial charge in [-0.15, -0.1) is 11.8 Å².